The van der Waals surface area contributed by atoms with E-state index < -0.39 is 10.1 Å². The first-order valence-electron chi connectivity index (χ1n) is 9.22. The van der Waals surface area contributed by atoms with Gasteiger partial charge >= 0.3 is 0 Å². The monoisotopic (exact) mass is 392 g/mol. The summed E-state index contributed by atoms with van der Waals surface area (Å²) in [5, 5.41) is 0. The molecule has 0 heterocycles. The summed E-state index contributed by atoms with van der Waals surface area (Å²) in [5.74, 6) is 1.15. The lowest BCUT2D eigenvalue weighted by atomic mass is 10.1. The zero-order valence-electron chi connectivity index (χ0n) is 15.4. The van der Waals surface area contributed by atoms with Gasteiger partial charge in [0.15, 0.2) is 0 Å². The first kappa shape index (κ1) is 21.0. The van der Waals surface area contributed by atoms with Crippen LogP contribution in [0.3, 0.4) is 0 Å². The van der Waals surface area contributed by atoms with Crippen LogP contribution in [0.1, 0.15) is 44.1 Å². The summed E-state index contributed by atoms with van der Waals surface area (Å²) in [7, 11) is -3.61. The van der Waals surface area contributed by atoms with Crippen molar-refractivity contribution < 1.29 is 12.6 Å². The van der Waals surface area contributed by atoms with Crippen LogP contribution in [0.25, 0.3) is 0 Å². The van der Waals surface area contributed by atoms with E-state index in [1.54, 1.807) is 24.3 Å². The summed E-state index contributed by atoms with van der Waals surface area (Å²) in [6.07, 6.45) is 6.56. The van der Waals surface area contributed by atoms with Crippen LogP contribution in [0.5, 0.6) is 0 Å². The highest BCUT2D eigenvalue weighted by Crippen LogP contribution is 2.19. The number of aryl methyl sites for hydroxylation is 1. The largest absolute Gasteiger partial charge is 0.296 e. The minimum absolute atomic E-state index is 0.235. The van der Waals surface area contributed by atoms with E-state index in [0.717, 1.165) is 30.6 Å². The van der Waals surface area contributed by atoms with Crippen molar-refractivity contribution in [2.24, 2.45) is 0 Å². The molecule has 2 aromatic rings. The molecule has 0 radical (unpaired) electrons. The van der Waals surface area contributed by atoms with Gasteiger partial charge < -0.3 is 0 Å². The first-order valence-corrected chi connectivity index (χ1v) is 11.6. The number of benzene rings is 2. The molecule has 0 saturated heterocycles. The van der Waals surface area contributed by atoms with Gasteiger partial charge in [0.2, 0.25) is 0 Å². The predicted octanol–water partition coefficient (Wildman–Crippen LogP) is 5.83. The predicted molar refractivity (Wildman–Crippen MR) is 109 cm³/mol. The summed E-state index contributed by atoms with van der Waals surface area (Å²) in [4.78, 5) is 1.57. The molecular weight excluding hydrogens is 364 g/mol. The molecule has 0 bridgehead atoms. The van der Waals surface area contributed by atoms with Crippen LogP contribution in [0.2, 0.25) is 0 Å². The van der Waals surface area contributed by atoms with Gasteiger partial charge in [-0.05, 0) is 49.8 Å². The van der Waals surface area contributed by atoms with Gasteiger partial charge in [0.05, 0.1) is 11.5 Å². The number of thioether (sulfide) groups is 1. The fourth-order valence-electron chi connectivity index (χ4n) is 2.56. The molecular formula is C21H28O3S2. The number of hydrogen-bond acceptors (Lipinski definition) is 4. The summed E-state index contributed by atoms with van der Waals surface area (Å²) < 4.78 is 29.2. The molecule has 5 heteroatoms. The highest BCUT2D eigenvalue weighted by molar-refractivity contribution is 7.99. The SMILES string of the molecule is Cc1ccc(S(=O)(=O)OCCCCCCCCSc2ccccc2)cc1. The summed E-state index contributed by atoms with van der Waals surface area (Å²) >= 11 is 1.91. The Bertz CT molecular complexity index is 726. The van der Waals surface area contributed by atoms with Crippen molar-refractivity contribution in [3.8, 4) is 0 Å². The van der Waals surface area contributed by atoms with Crippen molar-refractivity contribution in [2.45, 2.75) is 55.2 Å². The minimum Gasteiger partial charge on any atom is -0.266 e. The molecule has 0 spiro atoms. The lowest BCUT2D eigenvalue weighted by Gasteiger charge is -2.06. The van der Waals surface area contributed by atoms with Gasteiger partial charge in [-0.3, -0.25) is 4.18 Å². The Morgan fingerprint density at radius 1 is 0.808 bits per heavy atom. The summed E-state index contributed by atoms with van der Waals surface area (Å²) in [6, 6.07) is 17.2. The van der Waals surface area contributed by atoms with Gasteiger partial charge in [0.1, 0.15) is 0 Å². The number of rotatable bonds is 12. The highest BCUT2D eigenvalue weighted by Gasteiger charge is 2.14. The smallest absolute Gasteiger partial charge is 0.266 e. The molecule has 0 aliphatic heterocycles. The molecule has 0 saturated carbocycles. The average molecular weight is 393 g/mol. The Hall–Kier alpha value is -1.30. The van der Waals surface area contributed by atoms with Crippen molar-refractivity contribution in [1.82, 2.24) is 0 Å². The molecule has 0 atom stereocenters. The summed E-state index contributed by atoms with van der Waals surface area (Å²) in [5.41, 5.74) is 1.03. The normalized spacial score (nSPS) is 11.6. The van der Waals surface area contributed by atoms with Crippen LogP contribution in [0.4, 0.5) is 0 Å². The Morgan fingerprint density at radius 3 is 2.12 bits per heavy atom. The zero-order chi connectivity index (χ0) is 18.7. The number of unbranched alkanes of at least 4 members (excludes halogenated alkanes) is 5. The Morgan fingerprint density at radius 2 is 1.42 bits per heavy atom. The molecule has 142 valence electrons. The Labute approximate surface area is 162 Å². The quantitative estimate of drug-likeness (QED) is 0.259. The van der Waals surface area contributed by atoms with E-state index >= 15 is 0 Å². The summed E-state index contributed by atoms with van der Waals surface area (Å²) in [6.45, 7) is 2.19. The fraction of sp³-hybridized carbons (Fsp3) is 0.429. The highest BCUT2D eigenvalue weighted by atomic mass is 32.2. The topological polar surface area (TPSA) is 43.4 Å². The van der Waals surface area contributed by atoms with E-state index in [1.807, 2.05) is 24.8 Å². The second-order valence-electron chi connectivity index (χ2n) is 6.37. The first-order chi connectivity index (χ1) is 12.6. The lowest BCUT2D eigenvalue weighted by molar-refractivity contribution is 0.306. The fourth-order valence-corrected chi connectivity index (χ4v) is 4.44. The van der Waals surface area contributed by atoms with Crippen molar-refractivity contribution in [3.05, 3.63) is 60.2 Å². The third kappa shape index (κ3) is 7.94. The van der Waals surface area contributed by atoms with Crippen LogP contribution in [-0.4, -0.2) is 20.8 Å². The maximum Gasteiger partial charge on any atom is 0.296 e. The lowest BCUT2D eigenvalue weighted by Crippen LogP contribution is -2.07. The van der Waals surface area contributed by atoms with Gasteiger partial charge in [-0.2, -0.15) is 8.42 Å². The minimum atomic E-state index is -3.61. The van der Waals surface area contributed by atoms with Crippen LogP contribution in [0, 0.1) is 6.92 Å². The van der Waals surface area contributed by atoms with Crippen molar-refractivity contribution in [1.29, 1.82) is 0 Å². The van der Waals surface area contributed by atoms with E-state index in [1.165, 1.54) is 24.2 Å². The van der Waals surface area contributed by atoms with Gasteiger partial charge in [0, 0.05) is 4.90 Å². The van der Waals surface area contributed by atoms with E-state index in [2.05, 4.69) is 24.3 Å². The third-order valence-corrected chi connectivity index (χ3v) is 6.52. The van der Waals surface area contributed by atoms with Crippen LogP contribution in [-0.2, 0) is 14.3 Å². The zero-order valence-corrected chi connectivity index (χ0v) is 17.0. The van der Waals surface area contributed by atoms with Crippen molar-refractivity contribution in [3.63, 3.8) is 0 Å². The second kappa shape index (κ2) is 11.4. The second-order valence-corrected chi connectivity index (χ2v) is 9.16. The molecule has 0 fully saturated rings. The molecule has 0 N–H and O–H groups in total. The maximum absolute atomic E-state index is 12.0. The maximum atomic E-state index is 12.0. The molecule has 0 aliphatic rings. The van der Waals surface area contributed by atoms with Gasteiger partial charge in [-0.1, -0.05) is 61.6 Å². The standard InChI is InChI=1S/C21H28O3S2/c1-19-13-15-21(16-14-19)26(22,23)24-17-9-4-2-3-5-10-18-25-20-11-7-6-8-12-20/h6-8,11-16H,2-5,9-10,17-18H2,1H3. The van der Waals surface area contributed by atoms with Crippen LogP contribution >= 0.6 is 11.8 Å². The van der Waals surface area contributed by atoms with Crippen LogP contribution in [0.15, 0.2) is 64.4 Å². The molecule has 3 nitrogen and oxygen atoms in total. The van der Waals surface area contributed by atoms with Crippen molar-refractivity contribution in [2.75, 3.05) is 12.4 Å². The number of hydrogen-bond donors (Lipinski definition) is 0. The molecule has 0 unspecified atom stereocenters. The van der Waals surface area contributed by atoms with Gasteiger partial charge in [0.25, 0.3) is 10.1 Å². The molecule has 2 rings (SSSR count). The van der Waals surface area contributed by atoms with Crippen LogP contribution < -0.4 is 0 Å². The van der Waals surface area contributed by atoms with Gasteiger partial charge in [-0.15, -0.1) is 11.8 Å². The third-order valence-electron chi connectivity index (χ3n) is 4.10. The molecule has 26 heavy (non-hydrogen) atoms. The van der Waals surface area contributed by atoms with E-state index in [9.17, 15) is 8.42 Å². The molecule has 0 aromatic heterocycles. The van der Waals surface area contributed by atoms with E-state index in [4.69, 9.17) is 4.18 Å². The molecule has 0 amide bonds. The molecule has 2 aromatic carbocycles. The van der Waals surface area contributed by atoms with E-state index in [0.29, 0.717) is 0 Å². The molecule has 0 aliphatic carbocycles. The Kier molecular flexibility index (Phi) is 9.23. The Balaban J connectivity index is 1.48. The van der Waals surface area contributed by atoms with E-state index in [-0.39, 0.29) is 11.5 Å². The van der Waals surface area contributed by atoms with Gasteiger partial charge in [-0.25, -0.2) is 0 Å². The van der Waals surface area contributed by atoms with Crippen molar-refractivity contribution >= 4 is 21.9 Å². The average Bonchev–Trinajstić information content (AvgIpc) is 2.64.